The van der Waals surface area contributed by atoms with Gasteiger partial charge in [-0.1, -0.05) is 90.4 Å². The third kappa shape index (κ3) is 2.84. The van der Waals surface area contributed by atoms with Gasteiger partial charge in [0.2, 0.25) is 0 Å². The molecule has 0 aromatic heterocycles. The zero-order chi connectivity index (χ0) is 13.0. The molecule has 0 fully saturated rings. The van der Waals surface area contributed by atoms with Crippen LogP contribution >= 0.6 is 23.2 Å². The summed E-state index contributed by atoms with van der Waals surface area (Å²) in [5.74, 6) is 0. The van der Waals surface area contributed by atoms with E-state index in [9.17, 15) is 0 Å². The SMILES string of the molecule is C=C(C(=C(Cl)Cl)c1ccccc1)c1ccccc1. The van der Waals surface area contributed by atoms with Crippen LogP contribution in [0, 0.1) is 0 Å². The Hall–Kier alpha value is -1.50. The molecule has 2 aromatic rings. The first kappa shape index (κ1) is 12.9. The van der Waals surface area contributed by atoms with Gasteiger partial charge in [0, 0.05) is 5.57 Å². The highest BCUT2D eigenvalue weighted by Crippen LogP contribution is 2.35. The molecule has 2 rings (SSSR count). The van der Waals surface area contributed by atoms with Crippen LogP contribution < -0.4 is 0 Å². The van der Waals surface area contributed by atoms with Crippen molar-refractivity contribution in [2.24, 2.45) is 0 Å². The predicted molar refractivity (Wildman–Crippen MR) is 80.5 cm³/mol. The molecule has 90 valence electrons. The molecular formula is C16H12Cl2. The first-order valence-electron chi connectivity index (χ1n) is 5.55. The summed E-state index contributed by atoms with van der Waals surface area (Å²) in [6, 6.07) is 19.6. The second-order valence-corrected chi connectivity index (χ2v) is 4.80. The molecule has 0 aliphatic rings. The fourth-order valence-corrected chi connectivity index (χ4v) is 2.23. The van der Waals surface area contributed by atoms with Gasteiger partial charge in [0.25, 0.3) is 0 Å². The summed E-state index contributed by atoms with van der Waals surface area (Å²) >= 11 is 12.0. The van der Waals surface area contributed by atoms with Crippen molar-refractivity contribution in [3.05, 3.63) is 82.9 Å². The van der Waals surface area contributed by atoms with Gasteiger partial charge < -0.3 is 0 Å². The van der Waals surface area contributed by atoms with Crippen molar-refractivity contribution >= 4 is 34.3 Å². The summed E-state index contributed by atoms with van der Waals surface area (Å²) in [6.07, 6.45) is 0. The zero-order valence-corrected chi connectivity index (χ0v) is 11.2. The van der Waals surface area contributed by atoms with Crippen LogP contribution in [0.15, 0.2) is 71.7 Å². The van der Waals surface area contributed by atoms with Gasteiger partial charge in [-0.15, -0.1) is 0 Å². The number of hydrogen-bond acceptors (Lipinski definition) is 0. The van der Waals surface area contributed by atoms with E-state index in [1.54, 1.807) is 0 Å². The van der Waals surface area contributed by atoms with Crippen molar-refractivity contribution < 1.29 is 0 Å². The normalized spacial score (nSPS) is 9.89. The second kappa shape index (κ2) is 5.90. The highest BCUT2D eigenvalue weighted by atomic mass is 35.5. The lowest BCUT2D eigenvalue weighted by Gasteiger charge is -2.11. The van der Waals surface area contributed by atoms with Gasteiger partial charge >= 0.3 is 0 Å². The second-order valence-electron chi connectivity index (χ2n) is 3.85. The Morgan fingerprint density at radius 3 is 1.61 bits per heavy atom. The Bertz CT molecular complexity index is 565. The van der Waals surface area contributed by atoms with Crippen LogP contribution in [0.2, 0.25) is 0 Å². The van der Waals surface area contributed by atoms with E-state index in [4.69, 9.17) is 23.2 Å². The van der Waals surface area contributed by atoms with E-state index < -0.39 is 0 Å². The topological polar surface area (TPSA) is 0 Å². The molecule has 2 heteroatoms. The molecule has 0 nitrogen and oxygen atoms in total. The van der Waals surface area contributed by atoms with Crippen molar-refractivity contribution in [2.75, 3.05) is 0 Å². The lowest BCUT2D eigenvalue weighted by molar-refractivity contribution is 1.59. The van der Waals surface area contributed by atoms with Gasteiger partial charge in [0.05, 0.1) is 0 Å². The van der Waals surface area contributed by atoms with Gasteiger partial charge in [-0.05, 0) is 16.7 Å². The molecule has 0 saturated heterocycles. The van der Waals surface area contributed by atoms with Crippen LogP contribution in [-0.2, 0) is 0 Å². The molecule has 0 aliphatic carbocycles. The molecular weight excluding hydrogens is 263 g/mol. The third-order valence-corrected chi connectivity index (χ3v) is 3.05. The van der Waals surface area contributed by atoms with Crippen molar-refractivity contribution in [3.63, 3.8) is 0 Å². The monoisotopic (exact) mass is 274 g/mol. The number of allylic oxidation sites excluding steroid dienone is 2. The maximum Gasteiger partial charge on any atom is 0.115 e. The van der Waals surface area contributed by atoms with E-state index in [1.165, 1.54) is 0 Å². The third-order valence-electron chi connectivity index (χ3n) is 2.68. The van der Waals surface area contributed by atoms with Gasteiger partial charge in [0.1, 0.15) is 4.49 Å². The number of benzene rings is 2. The number of halogens is 2. The van der Waals surface area contributed by atoms with Crippen LogP contribution in [0.25, 0.3) is 11.1 Å². The van der Waals surface area contributed by atoms with E-state index >= 15 is 0 Å². The Balaban J connectivity index is 2.47. The van der Waals surface area contributed by atoms with Gasteiger partial charge in [0.15, 0.2) is 0 Å². The number of hydrogen-bond donors (Lipinski definition) is 0. The quantitative estimate of drug-likeness (QED) is 0.644. The Labute approximate surface area is 117 Å². The molecule has 0 N–H and O–H groups in total. The summed E-state index contributed by atoms with van der Waals surface area (Å²) in [7, 11) is 0. The Kier molecular flexibility index (Phi) is 4.24. The molecule has 0 saturated carbocycles. The van der Waals surface area contributed by atoms with E-state index in [1.807, 2.05) is 60.7 Å². The molecule has 0 atom stereocenters. The average Bonchev–Trinajstić information content (AvgIpc) is 2.40. The minimum Gasteiger partial charge on any atom is -0.0904 e. The van der Waals surface area contributed by atoms with Crippen molar-refractivity contribution in [1.82, 2.24) is 0 Å². The molecule has 0 unspecified atom stereocenters. The van der Waals surface area contributed by atoms with E-state index in [-0.39, 0.29) is 4.49 Å². The zero-order valence-electron chi connectivity index (χ0n) is 9.74. The fraction of sp³-hybridized carbons (Fsp3) is 0. The summed E-state index contributed by atoms with van der Waals surface area (Å²) in [4.78, 5) is 0. The number of rotatable bonds is 3. The molecule has 0 amide bonds. The smallest absolute Gasteiger partial charge is 0.0904 e. The highest BCUT2D eigenvalue weighted by molar-refractivity contribution is 6.60. The summed E-state index contributed by atoms with van der Waals surface area (Å²) < 4.78 is 0.232. The fourth-order valence-electron chi connectivity index (χ4n) is 1.79. The lowest BCUT2D eigenvalue weighted by atomic mass is 9.95. The lowest BCUT2D eigenvalue weighted by Crippen LogP contribution is -1.90. The van der Waals surface area contributed by atoms with Crippen LogP contribution in [0.4, 0.5) is 0 Å². The molecule has 2 aromatic carbocycles. The van der Waals surface area contributed by atoms with E-state index in [2.05, 4.69) is 6.58 Å². The summed E-state index contributed by atoms with van der Waals surface area (Å²) in [6.45, 7) is 4.10. The maximum atomic E-state index is 6.01. The van der Waals surface area contributed by atoms with Crippen LogP contribution in [-0.4, -0.2) is 0 Å². The van der Waals surface area contributed by atoms with Crippen molar-refractivity contribution in [2.45, 2.75) is 0 Å². The first-order chi connectivity index (χ1) is 8.70. The molecule has 0 aliphatic heterocycles. The van der Waals surface area contributed by atoms with Gasteiger partial charge in [-0.25, -0.2) is 0 Å². The summed E-state index contributed by atoms with van der Waals surface area (Å²) in [5, 5.41) is 0. The van der Waals surface area contributed by atoms with Gasteiger partial charge in [-0.2, -0.15) is 0 Å². The van der Waals surface area contributed by atoms with Crippen LogP contribution in [0.5, 0.6) is 0 Å². The van der Waals surface area contributed by atoms with Crippen molar-refractivity contribution in [1.29, 1.82) is 0 Å². The van der Waals surface area contributed by atoms with Crippen LogP contribution in [0.3, 0.4) is 0 Å². The Morgan fingerprint density at radius 1 is 0.722 bits per heavy atom. The molecule has 0 bridgehead atoms. The van der Waals surface area contributed by atoms with E-state index in [0.29, 0.717) is 0 Å². The van der Waals surface area contributed by atoms with Gasteiger partial charge in [-0.3, -0.25) is 0 Å². The maximum absolute atomic E-state index is 6.01. The summed E-state index contributed by atoms with van der Waals surface area (Å²) in [5.41, 5.74) is 3.56. The largest absolute Gasteiger partial charge is 0.115 e. The molecule has 0 spiro atoms. The van der Waals surface area contributed by atoms with Crippen LogP contribution in [0.1, 0.15) is 11.1 Å². The molecule has 0 radical (unpaired) electrons. The minimum absolute atomic E-state index is 0.232. The highest BCUT2D eigenvalue weighted by Gasteiger charge is 2.11. The first-order valence-corrected chi connectivity index (χ1v) is 6.31. The average molecular weight is 275 g/mol. The van der Waals surface area contributed by atoms with E-state index in [0.717, 1.165) is 22.3 Å². The molecule has 18 heavy (non-hydrogen) atoms. The predicted octanol–water partition coefficient (Wildman–Crippen LogP) is 5.55. The molecule has 0 heterocycles. The Morgan fingerprint density at radius 2 is 1.17 bits per heavy atom. The minimum atomic E-state index is 0.232. The standard InChI is InChI=1S/C16H12Cl2/c1-12(13-8-4-2-5-9-13)15(16(17)18)14-10-6-3-7-11-14/h2-11H,1H2. The van der Waals surface area contributed by atoms with Crippen molar-refractivity contribution in [3.8, 4) is 0 Å².